The summed E-state index contributed by atoms with van der Waals surface area (Å²) in [6.45, 7) is 1.95. The Kier molecular flexibility index (Phi) is 6.98. The van der Waals surface area contributed by atoms with E-state index in [1.165, 1.54) is 23.9 Å². The van der Waals surface area contributed by atoms with Crippen LogP contribution >= 0.6 is 28.7 Å². The molecule has 0 spiro atoms. The third kappa shape index (κ3) is 5.54. The monoisotopic (exact) mass is 289 g/mol. The van der Waals surface area contributed by atoms with Crippen molar-refractivity contribution in [3.8, 4) is 5.75 Å². The molecule has 1 rings (SSSR count). The van der Waals surface area contributed by atoms with E-state index in [9.17, 15) is 0 Å². The first-order valence-electron chi connectivity index (χ1n) is 4.14. The van der Waals surface area contributed by atoms with Crippen LogP contribution in [0.4, 0.5) is 5.69 Å². The number of phenols is 1. The number of hydrogen-bond acceptors (Lipinski definition) is 4. The second-order valence-corrected chi connectivity index (χ2v) is 3.71. The Morgan fingerprint density at radius 2 is 2.00 bits per heavy atom. The molecule has 0 amide bonds. The number of phenolic OH excluding ortho intramolecular Hbond substituents is 1. The molecule has 0 aliphatic carbocycles. The Labute approximate surface area is 103 Å². The fraction of sp³-hybridized carbons (Fsp3) is 0.222. The Morgan fingerprint density at radius 3 is 2.53 bits per heavy atom. The van der Waals surface area contributed by atoms with E-state index in [1.54, 1.807) is 12.1 Å². The summed E-state index contributed by atoms with van der Waals surface area (Å²) >= 11 is 1.33. The first-order chi connectivity index (χ1) is 6.72. The lowest BCUT2D eigenvalue weighted by atomic mass is 10.3. The number of nitrogens with zero attached hydrogens (tertiary/aromatic N) is 2. The molecule has 6 heteroatoms. The minimum absolute atomic E-state index is 0. The minimum Gasteiger partial charge on any atom is -0.508 e. The predicted octanol–water partition coefficient (Wildman–Crippen LogP) is 3.74. The maximum absolute atomic E-state index is 9.00. The van der Waals surface area contributed by atoms with E-state index in [0.717, 1.165) is 5.75 Å². The van der Waals surface area contributed by atoms with E-state index in [4.69, 9.17) is 10.5 Å². The van der Waals surface area contributed by atoms with Crippen LogP contribution in [0.2, 0.25) is 0 Å². The zero-order valence-electron chi connectivity index (χ0n) is 8.17. The summed E-state index contributed by atoms with van der Waals surface area (Å²) in [6.07, 6.45) is 0. The lowest BCUT2D eigenvalue weighted by Crippen LogP contribution is -1.81. The van der Waals surface area contributed by atoms with Crippen molar-refractivity contribution >= 4 is 39.6 Å². The largest absolute Gasteiger partial charge is 0.508 e. The van der Waals surface area contributed by atoms with Crippen molar-refractivity contribution in [3.63, 3.8) is 0 Å². The highest BCUT2D eigenvalue weighted by atomic mass is 79.9. The van der Waals surface area contributed by atoms with Gasteiger partial charge in [0.2, 0.25) is 5.17 Å². The first-order valence-corrected chi connectivity index (χ1v) is 5.13. The molecule has 0 bridgehead atoms. The molecule has 0 heterocycles. The zero-order chi connectivity index (χ0) is 10.4. The number of amidine groups is 1. The summed E-state index contributed by atoms with van der Waals surface area (Å²) in [5.74, 6) is 1.01. The highest BCUT2D eigenvalue weighted by Crippen LogP contribution is 2.17. The molecule has 1 aromatic rings. The van der Waals surface area contributed by atoms with Gasteiger partial charge in [0.05, 0.1) is 5.69 Å². The highest BCUT2D eigenvalue weighted by Gasteiger charge is 1.93. The molecule has 0 aromatic heterocycles. The normalized spacial score (nSPS) is 9.93. The van der Waals surface area contributed by atoms with Gasteiger partial charge in [0.25, 0.3) is 0 Å². The molecule has 0 atom stereocenters. The topological polar surface area (TPSA) is 68.8 Å². The van der Waals surface area contributed by atoms with Crippen LogP contribution in [0.3, 0.4) is 0 Å². The number of nitrogens with one attached hydrogen (secondary N) is 1. The molecular weight excluding hydrogens is 278 g/mol. The van der Waals surface area contributed by atoms with Crippen LogP contribution in [-0.4, -0.2) is 16.0 Å². The molecular formula is C9H12BrN3OS. The SMILES string of the molecule is Br.CCSC(=N)N=Nc1ccc(O)cc1. The minimum atomic E-state index is 0. The maximum Gasteiger partial charge on any atom is 0.201 e. The van der Waals surface area contributed by atoms with Gasteiger partial charge in [-0.2, -0.15) is 0 Å². The van der Waals surface area contributed by atoms with Gasteiger partial charge in [-0.3, -0.25) is 5.41 Å². The van der Waals surface area contributed by atoms with E-state index in [-0.39, 0.29) is 27.9 Å². The highest BCUT2D eigenvalue weighted by molar-refractivity contribution is 8.93. The molecule has 4 nitrogen and oxygen atoms in total. The van der Waals surface area contributed by atoms with Gasteiger partial charge in [-0.25, -0.2) is 0 Å². The molecule has 0 saturated carbocycles. The summed E-state index contributed by atoms with van der Waals surface area (Å²) in [5, 5.41) is 24.1. The van der Waals surface area contributed by atoms with Crippen LogP contribution in [0.5, 0.6) is 5.75 Å². The van der Waals surface area contributed by atoms with Crippen molar-refractivity contribution in [3.05, 3.63) is 24.3 Å². The summed E-state index contributed by atoms with van der Waals surface area (Å²) < 4.78 is 0. The molecule has 15 heavy (non-hydrogen) atoms. The zero-order valence-corrected chi connectivity index (χ0v) is 10.7. The van der Waals surface area contributed by atoms with E-state index in [2.05, 4.69) is 10.2 Å². The third-order valence-corrected chi connectivity index (χ3v) is 2.03. The van der Waals surface area contributed by atoms with E-state index >= 15 is 0 Å². The Hall–Kier alpha value is -0.880. The van der Waals surface area contributed by atoms with Gasteiger partial charge in [0.15, 0.2) is 0 Å². The van der Waals surface area contributed by atoms with Gasteiger partial charge < -0.3 is 5.11 Å². The standard InChI is InChI=1S/C9H11N3OS.BrH/c1-2-14-9(10)12-11-7-3-5-8(13)6-4-7;/h3-6,10,13H,2H2,1H3;1H. The van der Waals surface area contributed by atoms with Crippen molar-refractivity contribution in [1.29, 1.82) is 5.41 Å². The molecule has 0 fully saturated rings. The lowest BCUT2D eigenvalue weighted by molar-refractivity contribution is 0.475. The molecule has 82 valence electrons. The van der Waals surface area contributed by atoms with Crippen LogP contribution in [0.25, 0.3) is 0 Å². The quantitative estimate of drug-likeness (QED) is 0.495. The van der Waals surface area contributed by atoms with Crippen LogP contribution in [0, 0.1) is 5.41 Å². The number of thioether (sulfide) groups is 1. The molecule has 0 aliphatic heterocycles. The number of aromatic hydroxyl groups is 1. The number of halogens is 1. The molecule has 2 N–H and O–H groups in total. The fourth-order valence-corrected chi connectivity index (χ4v) is 1.16. The number of hydrogen-bond donors (Lipinski definition) is 2. The fourth-order valence-electron chi connectivity index (χ4n) is 0.788. The summed E-state index contributed by atoms with van der Waals surface area (Å²) in [4.78, 5) is 0. The lowest BCUT2D eigenvalue weighted by Gasteiger charge is -1.93. The van der Waals surface area contributed by atoms with Crippen molar-refractivity contribution in [1.82, 2.24) is 0 Å². The van der Waals surface area contributed by atoms with Gasteiger partial charge in [-0.15, -0.1) is 27.2 Å². The third-order valence-electron chi connectivity index (χ3n) is 1.39. The van der Waals surface area contributed by atoms with Crippen LogP contribution in [0.15, 0.2) is 34.5 Å². The second kappa shape index (κ2) is 7.42. The first kappa shape index (κ1) is 14.1. The van der Waals surface area contributed by atoms with E-state index in [1.807, 2.05) is 6.92 Å². The summed E-state index contributed by atoms with van der Waals surface area (Å²) in [5.41, 5.74) is 0.629. The van der Waals surface area contributed by atoms with Crippen molar-refractivity contribution in [2.75, 3.05) is 5.75 Å². The van der Waals surface area contributed by atoms with Gasteiger partial charge >= 0.3 is 0 Å². The number of azo groups is 1. The summed E-state index contributed by atoms with van der Waals surface area (Å²) in [6, 6.07) is 6.35. The Morgan fingerprint density at radius 1 is 1.40 bits per heavy atom. The Bertz CT molecular complexity index is 340. The van der Waals surface area contributed by atoms with Gasteiger partial charge in [-0.05, 0) is 30.0 Å². The smallest absolute Gasteiger partial charge is 0.201 e. The van der Waals surface area contributed by atoms with Crippen LogP contribution in [0.1, 0.15) is 6.92 Å². The number of benzene rings is 1. The molecule has 0 saturated heterocycles. The van der Waals surface area contributed by atoms with Crippen LogP contribution in [-0.2, 0) is 0 Å². The molecule has 0 aliphatic rings. The van der Waals surface area contributed by atoms with E-state index in [0.29, 0.717) is 5.69 Å². The van der Waals surface area contributed by atoms with E-state index < -0.39 is 0 Å². The van der Waals surface area contributed by atoms with Crippen molar-refractivity contribution < 1.29 is 5.11 Å². The summed E-state index contributed by atoms with van der Waals surface area (Å²) in [7, 11) is 0. The molecule has 0 radical (unpaired) electrons. The molecule has 1 aromatic carbocycles. The van der Waals surface area contributed by atoms with Gasteiger partial charge in [0, 0.05) is 0 Å². The maximum atomic E-state index is 9.00. The van der Waals surface area contributed by atoms with Gasteiger partial charge in [0.1, 0.15) is 5.75 Å². The van der Waals surface area contributed by atoms with Crippen molar-refractivity contribution in [2.24, 2.45) is 10.2 Å². The second-order valence-electron chi connectivity index (χ2n) is 2.45. The molecule has 0 unspecified atom stereocenters. The predicted molar refractivity (Wildman–Crippen MR) is 68.8 cm³/mol. The van der Waals surface area contributed by atoms with Crippen LogP contribution < -0.4 is 0 Å². The number of rotatable bonds is 2. The van der Waals surface area contributed by atoms with Crippen molar-refractivity contribution in [2.45, 2.75) is 6.92 Å². The Balaban J connectivity index is 0.00000196. The average Bonchev–Trinajstić information content (AvgIpc) is 2.17. The van der Waals surface area contributed by atoms with Gasteiger partial charge in [-0.1, -0.05) is 18.7 Å². The average molecular weight is 290 g/mol.